The van der Waals surface area contributed by atoms with Crippen molar-refractivity contribution in [3.63, 3.8) is 0 Å². The molecular formula is C27H30F3N5O. The van der Waals surface area contributed by atoms with Crippen molar-refractivity contribution >= 4 is 11.4 Å². The van der Waals surface area contributed by atoms with Gasteiger partial charge in [0.05, 0.1) is 41.0 Å². The molecule has 2 fully saturated rings. The van der Waals surface area contributed by atoms with Crippen molar-refractivity contribution in [1.82, 2.24) is 9.97 Å². The molecule has 3 heterocycles. The summed E-state index contributed by atoms with van der Waals surface area (Å²) < 4.78 is 44.6. The molecule has 0 bridgehead atoms. The number of nitrogens with two attached hydrogens (primary N) is 1. The van der Waals surface area contributed by atoms with E-state index in [1.807, 2.05) is 6.07 Å². The largest absolute Gasteiger partial charge is 0.385 e. The number of benzene rings is 1. The third-order valence-electron chi connectivity index (χ3n) is 7.19. The maximum absolute atomic E-state index is 15.0. The number of piperidine rings is 1. The molecule has 2 unspecified atom stereocenters. The Bertz CT molecular complexity index is 1230. The molecule has 1 saturated carbocycles. The van der Waals surface area contributed by atoms with Gasteiger partial charge in [0.2, 0.25) is 0 Å². The standard InChI is InChI=1S/C27H30F3N5O/c1-16-9-18(31)15-35(14-16)24-5-8-32-13-23(24)33-12-19-3-4-20(28)26(34-19)25-21(29)10-17(11-22(25)30)27(36)6-2-7-27/h3-5,8,10-11,13,16,18,33,36H,2,6-7,9,12,14-15,31H2,1H3. The van der Waals surface area contributed by atoms with Gasteiger partial charge in [0.25, 0.3) is 0 Å². The number of nitrogens with zero attached hydrogens (tertiary/aromatic N) is 3. The van der Waals surface area contributed by atoms with Crippen LogP contribution in [0.25, 0.3) is 11.3 Å². The van der Waals surface area contributed by atoms with Gasteiger partial charge in [0.1, 0.15) is 23.1 Å². The summed E-state index contributed by atoms with van der Waals surface area (Å²) in [7, 11) is 0. The van der Waals surface area contributed by atoms with Crippen molar-refractivity contribution in [2.24, 2.45) is 11.7 Å². The molecule has 9 heteroatoms. The number of halogens is 3. The highest BCUT2D eigenvalue weighted by molar-refractivity contribution is 5.69. The smallest absolute Gasteiger partial charge is 0.149 e. The summed E-state index contributed by atoms with van der Waals surface area (Å²) in [4.78, 5) is 10.7. The minimum Gasteiger partial charge on any atom is -0.385 e. The first-order chi connectivity index (χ1) is 17.2. The van der Waals surface area contributed by atoms with E-state index >= 15 is 0 Å². The average molecular weight is 498 g/mol. The fourth-order valence-corrected chi connectivity index (χ4v) is 5.21. The van der Waals surface area contributed by atoms with Crippen molar-refractivity contribution in [1.29, 1.82) is 0 Å². The normalized spacial score (nSPS) is 21.2. The fraction of sp³-hybridized carbons (Fsp3) is 0.407. The van der Waals surface area contributed by atoms with E-state index in [1.54, 1.807) is 12.4 Å². The van der Waals surface area contributed by atoms with Crippen LogP contribution in [0.3, 0.4) is 0 Å². The molecule has 3 aromatic rings. The second kappa shape index (κ2) is 9.71. The van der Waals surface area contributed by atoms with Crippen molar-refractivity contribution in [3.05, 3.63) is 71.4 Å². The lowest BCUT2D eigenvalue weighted by Gasteiger charge is -2.37. The molecule has 0 amide bonds. The monoisotopic (exact) mass is 497 g/mol. The maximum Gasteiger partial charge on any atom is 0.149 e. The Balaban J connectivity index is 1.39. The molecule has 36 heavy (non-hydrogen) atoms. The Kier molecular flexibility index (Phi) is 6.61. The maximum atomic E-state index is 15.0. The molecule has 1 saturated heterocycles. The molecule has 190 valence electrons. The van der Waals surface area contributed by atoms with E-state index in [-0.39, 0.29) is 18.2 Å². The van der Waals surface area contributed by atoms with Crippen LogP contribution >= 0.6 is 0 Å². The highest BCUT2D eigenvalue weighted by atomic mass is 19.1. The van der Waals surface area contributed by atoms with E-state index in [9.17, 15) is 18.3 Å². The Hall–Kier alpha value is -3.17. The Labute approximate surface area is 208 Å². The van der Waals surface area contributed by atoms with Crippen LogP contribution in [0.1, 0.15) is 43.9 Å². The lowest BCUT2D eigenvalue weighted by atomic mass is 9.75. The number of hydrogen-bond acceptors (Lipinski definition) is 6. The second-order valence-electron chi connectivity index (χ2n) is 10.1. The molecule has 2 atom stereocenters. The number of hydrogen-bond donors (Lipinski definition) is 3. The zero-order valence-corrected chi connectivity index (χ0v) is 20.1. The predicted molar refractivity (Wildman–Crippen MR) is 133 cm³/mol. The van der Waals surface area contributed by atoms with E-state index in [0.29, 0.717) is 24.5 Å². The molecule has 1 aliphatic heterocycles. The summed E-state index contributed by atoms with van der Waals surface area (Å²) in [5, 5.41) is 13.7. The topological polar surface area (TPSA) is 87.3 Å². The highest BCUT2D eigenvalue weighted by Gasteiger charge is 2.37. The van der Waals surface area contributed by atoms with Crippen LogP contribution < -0.4 is 16.0 Å². The van der Waals surface area contributed by atoms with Crippen molar-refractivity contribution < 1.29 is 18.3 Å². The zero-order valence-electron chi connectivity index (χ0n) is 20.1. The van der Waals surface area contributed by atoms with Crippen LogP contribution in [-0.4, -0.2) is 34.2 Å². The number of aromatic nitrogens is 2. The first-order valence-electron chi connectivity index (χ1n) is 12.3. The van der Waals surface area contributed by atoms with E-state index in [2.05, 4.69) is 27.1 Å². The Morgan fingerprint density at radius 3 is 2.53 bits per heavy atom. The first kappa shape index (κ1) is 24.5. The van der Waals surface area contributed by atoms with Gasteiger partial charge in [-0.2, -0.15) is 0 Å². The van der Waals surface area contributed by atoms with Crippen molar-refractivity contribution in [2.75, 3.05) is 23.3 Å². The van der Waals surface area contributed by atoms with Crippen molar-refractivity contribution in [2.45, 2.75) is 50.8 Å². The molecule has 1 aromatic carbocycles. The van der Waals surface area contributed by atoms with Crippen LogP contribution in [0.15, 0.2) is 42.7 Å². The Morgan fingerprint density at radius 2 is 1.86 bits per heavy atom. The summed E-state index contributed by atoms with van der Waals surface area (Å²) >= 11 is 0. The quantitative estimate of drug-likeness (QED) is 0.457. The summed E-state index contributed by atoms with van der Waals surface area (Å²) in [6, 6.07) is 6.78. The number of anilines is 2. The molecule has 0 radical (unpaired) electrons. The third kappa shape index (κ3) is 4.77. The lowest BCUT2D eigenvalue weighted by Crippen LogP contribution is -2.46. The third-order valence-corrected chi connectivity index (χ3v) is 7.19. The summed E-state index contributed by atoms with van der Waals surface area (Å²) in [5.41, 5.74) is 6.35. The molecular weight excluding hydrogens is 467 g/mol. The van der Waals surface area contributed by atoms with Crippen LogP contribution in [0.4, 0.5) is 24.5 Å². The van der Waals surface area contributed by atoms with Crippen LogP contribution in [0.2, 0.25) is 0 Å². The van der Waals surface area contributed by atoms with Crippen LogP contribution in [0, 0.1) is 23.4 Å². The van der Waals surface area contributed by atoms with Crippen LogP contribution in [0.5, 0.6) is 0 Å². The van der Waals surface area contributed by atoms with Crippen molar-refractivity contribution in [3.8, 4) is 11.3 Å². The number of nitrogens with one attached hydrogen (secondary N) is 1. The van der Waals surface area contributed by atoms with E-state index in [1.165, 1.54) is 6.07 Å². The van der Waals surface area contributed by atoms with Gasteiger partial charge in [-0.15, -0.1) is 0 Å². The average Bonchev–Trinajstić information content (AvgIpc) is 2.82. The highest BCUT2D eigenvalue weighted by Crippen LogP contribution is 2.42. The number of pyridine rings is 2. The minimum atomic E-state index is -1.23. The van der Waals surface area contributed by atoms with Gasteiger partial charge >= 0.3 is 0 Å². The minimum absolute atomic E-state index is 0.0808. The fourth-order valence-electron chi connectivity index (χ4n) is 5.21. The summed E-state index contributed by atoms with van der Waals surface area (Å²) in [6.07, 6.45) is 6.06. The Morgan fingerprint density at radius 1 is 1.11 bits per heavy atom. The van der Waals surface area contributed by atoms with Gasteiger partial charge in [-0.05, 0) is 67.5 Å². The summed E-state index contributed by atoms with van der Waals surface area (Å²) in [6.45, 7) is 3.96. The van der Waals surface area contributed by atoms with Gasteiger partial charge in [-0.25, -0.2) is 18.2 Å². The molecule has 6 nitrogen and oxygen atoms in total. The van der Waals surface area contributed by atoms with Gasteiger partial charge in [-0.1, -0.05) is 6.92 Å². The summed E-state index contributed by atoms with van der Waals surface area (Å²) in [5.74, 6) is -2.28. The van der Waals surface area contributed by atoms with Crippen LogP contribution in [-0.2, 0) is 12.1 Å². The molecule has 0 spiro atoms. The molecule has 1 aliphatic carbocycles. The van der Waals surface area contributed by atoms with Gasteiger partial charge in [0.15, 0.2) is 0 Å². The van der Waals surface area contributed by atoms with Gasteiger partial charge in [0, 0.05) is 25.3 Å². The SMILES string of the molecule is CC1CC(N)CN(c2ccncc2NCc2ccc(F)c(-c3c(F)cc(C4(O)CCC4)cc3F)n2)C1. The molecule has 2 aromatic heterocycles. The molecule has 5 rings (SSSR count). The van der Waals surface area contributed by atoms with E-state index < -0.39 is 34.3 Å². The van der Waals surface area contributed by atoms with Gasteiger partial charge < -0.3 is 21.1 Å². The first-order valence-corrected chi connectivity index (χ1v) is 12.3. The number of aliphatic hydroxyl groups is 1. The van der Waals surface area contributed by atoms with Gasteiger partial charge in [-0.3, -0.25) is 4.98 Å². The number of rotatable bonds is 6. The predicted octanol–water partition coefficient (Wildman–Crippen LogP) is 4.72. The van der Waals surface area contributed by atoms with E-state index in [4.69, 9.17) is 5.73 Å². The zero-order chi connectivity index (χ0) is 25.4. The molecule has 4 N–H and O–H groups in total. The second-order valence-corrected chi connectivity index (χ2v) is 10.1. The molecule has 2 aliphatic rings. The van der Waals surface area contributed by atoms with E-state index in [0.717, 1.165) is 55.5 Å². The lowest BCUT2D eigenvalue weighted by molar-refractivity contribution is -0.0392.